The van der Waals surface area contributed by atoms with Crippen LogP contribution in [0.4, 0.5) is 5.82 Å². The molecule has 0 aromatic carbocycles. The number of aromatic nitrogens is 3. The van der Waals surface area contributed by atoms with Crippen LogP contribution in [0, 0.1) is 5.92 Å². The number of carbonyl (C=O) groups excluding carboxylic acids is 1. The Hall–Kier alpha value is -2.15. The van der Waals surface area contributed by atoms with Gasteiger partial charge in [-0.2, -0.15) is 0 Å². The Balaban J connectivity index is 1.52. The summed E-state index contributed by atoms with van der Waals surface area (Å²) < 4.78 is 5.41. The number of nitrogens with zero attached hydrogens (tertiary/aromatic N) is 3. The topological polar surface area (TPSA) is 83.1 Å². The monoisotopic (exact) mass is 371 g/mol. The fourth-order valence-electron chi connectivity index (χ4n) is 4.50. The Kier molecular flexibility index (Phi) is 5.04. The third kappa shape index (κ3) is 3.65. The Bertz CT molecular complexity index is 814. The fraction of sp³-hybridized carbons (Fsp3) is 0.650. The van der Waals surface area contributed by atoms with Crippen molar-refractivity contribution in [3.63, 3.8) is 0 Å². The number of carbonyl (C=O) groups is 1. The summed E-state index contributed by atoms with van der Waals surface area (Å²) in [6, 6.07) is 0.522. The highest BCUT2D eigenvalue weighted by molar-refractivity contribution is 5.90. The lowest BCUT2D eigenvalue weighted by Crippen LogP contribution is -2.49. The largest absolute Gasteiger partial charge is 0.381 e. The molecule has 146 valence electrons. The van der Waals surface area contributed by atoms with Crippen LogP contribution in [-0.2, 0) is 16.0 Å². The molecule has 1 saturated carbocycles. The van der Waals surface area contributed by atoms with E-state index in [1.54, 1.807) is 20.4 Å². The number of likely N-dealkylation sites (tertiary alicyclic amines) is 1. The van der Waals surface area contributed by atoms with Crippen LogP contribution in [-0.4, -0.2) is 57.6 Å². The van der Waals surface area contributed by atoms with Crippen LogP contribution in [0.25, 0.3) is 11.0 Å². The second kappa shape index (κ2) is 7.46. The molecule has 2 aromatic rings. The molecule has 2 atom stereocenters. The lowest BCUT2D eigenvalue weighted by atomic mass is 9.78. The van der Waals surface area contributed by atoms with Crippen LogP contribution in [0.5, 0.6) is 0 Å². The van der Waals surface area contributed by atoms with E-state index in [2.05, 4.69) is 33.4 Å². The van der Waals surface area contributed by atoms with Gasteiger partial charge in [0.2, 0.25) is 5.91 Å². The number of hydrogen-bond donors (Lipinski definition) is 2. The summed E-state index contributed by atoms with van der Waals surface area (Å²) in [6.45, 7) is 4.49. The highest BCUT2D eigenvalue weighted by Crippen LogP contribution is 2.35. The van der Waals surface area contributed by atoms with Gasteiger partial charge in [0.05, 0.1) is 11.5 Å². The number of aromatic amines is 1. The van der Waals surface area contributed by atoms with Gasteiger partial charge >= 0.3 is 0 Å². The first-order chi connectivity index (χ1) is 13.0. The molecule has 2 N–H and O–H groups in total. The first-order valence-corrected chi connectivity index (χ1v) is 9.92. The fourth-order valence-corrected chi connectivity index (χ4v) is 4.50. The van der Waals surface area contributed by atoms with Crippen LogP contribution < -0.4 is 5.32 Å². The molecule has 0 spiro atoms. The Morgan fingerprint density at radius 3 is 2.93 bits per heavy atom. The summed E-state index contributed by atoms with van der Waals surface area (Å²) >= 11 is 0. The van der Waals surface area contributed by atoms with E-state index in [1.165, 1.54) is 5.56 Å². The van der Waals surface area contributed by atoms with Gasteiger partial charge in [-0.25, -0.2) is 9.97 Å². The third-order valence-electron chi connectivity index (χ3n) is 6.21. The van der Waals surface area contributed by atoms with Crippen molar-refractivity contribution in [1.29, 1.82) is 0 Å². The molecule has 7 heteroatoms. The molecule has 1 amide bonds. The third-order valence-corrected chi connectivity index (χ3v) is 6.21. The molecule has 7 nitrogen and oxygen atoms in total. The van der Waals surface area contributed by atoms with E-state index in [4.69, 9.17) is 4.74 Å². The van der Waals surface area contributed by atoms with Crippen LogP contribution >= 0.6 is 0 Å². The molecule has 2 aliphatic rings. The Morgan fingerprint density at radius 2 is 2.19 bits per heavy atom. The summed E-state index contributed by atoms with van der Waals surface area (Å²) in [5.74, 6) is 1.68. The zero-order chi connectivity index (χ0) is 19.0. The van der Waals surface area contributed by atoms with Gasteiger partial charge in [0.1, 0.15) is 17.8 Å². The molecule has 0 unspecified atom stereocenters. The lowest BCUT2D eigenvalue weighted by Gasteiger charge is -2.38. The minimum Gasteiger partial charge on any atom is -0.381 e. The van der Waals surface area contributed by atoms with Crippen molar-refractivity contribution in [1.82, 2.24) is 19.9 Å². The van der Waals surface area contributed by atoms with E-state index in [0.717, 1.165) is 55.5 Å². The predicted octanol–water partition coefficient (Wildman–Crippen LogP) is 2.74. The van der Waals surface area contributed by atoms with E-state index in [0.29, 0.717) is 18.1 Å². The standard InChI is InChI=1S/C20H29N5O2/c1-12-4-5-16(10-25(12)13(2)26)24-20-18-15(6-14-7-17(8-14)27-3)9-21-19(18)22-11-23-20/h9,11-12,14,16-17H,4-8,10H2,1-3H3,(H2,21,22,23,24)/t12-,14-,16+,17+/m0/s1. The predicted molar refractivity (Wildman–Crippen MR) is 105 cm³/mol. The van der Waals surface area contributed by atoms with Crippen LogP contribution in [0.2, 0.25) is 0 Å². The summed E-state index contributed by atoms with van der Waals surface area (Å²) in [4.78, 5) is 26.1. The SMILES string of the molecule is CO[C@H]1C[C@@H](Cc2c[nH]c3ncnc(N[C@@H]4CC[C@H](C)N(C(C)=O)C4)c23)C1. The van der Waals surface area contributed by atoms with Gasteiger partial charge in [0, 0.05) is 38.9 Å². The quantitative estimate of drug-likeness (QED) is 0.844. The number of hydrogen-bond acceptors (Lipinski definition) is 5. The summed E-state index contributed by atoms with van der Waals surface area (Å²) in [7, 11) is 1.79. The molecule has 0 bridgehead atoms. The second-order valence-electron chi connectivity index (χ2n) is 8.10. The van der Waals surface area contributed by atoms with Crippen molar-refractivity contribution < 1.29 is 9.53 Å². The second-order valence-corrected chi connectivity index (χ2v) is 8.10. The van der Waals surface area contributed by atoms with Crippen molar-refractivity contribution in [2.24, 2.45) is 5.92 Å². The van der Waals surface area contributed by atoms with E-state index in [-0.39, 0.29) is 11.9 Å². The molecule has 0 radical (unpaired) electrons. The van der Waals surface area contributed by atoms with Gasteiger partial charge in [-0.3, -0.25) is 4.79 Å². The van der Waals surface area contributed by atoms with Gasteiger partial charge in [0.15, 0.2) is 0 Å². The molecular formula is C20H29N5O2. The molecular weight excluding hydrogens is 342 g/mol. The van der Waals surface area contributed by atoms with E-state index < -0.39 is 0 Å². The average Bonchev–Trinajstić information content (AvgIpc) is 3.03. The first-order valence-electron chi connectivity index (χ1n) is 9.92. The number of ether oxygens (including phenoxy) is 1. The maximum absolute atomic E-state index is 11.9. The normalized spacial score (nSPS) is 28.2. The highest BCUT2D eigenvalue weighted by Gasteiger charge is 2.31. The van der Waals surface area contributed by atoms with Gasteiger partial charge in [0.25, 0.3) is 0 Å². The van der Waals surface area contributed by atoms with Crippen LogP contribution in [0.1, 0.15) is 45.1 Å². The van der Waals surface area contributed by atoms with E-state index >= 15 is 0 Å². The van der Waals surface area contributed by atoms with Crippen molar-refractivity contribution in [3.05, 3.63) is 18.1 Å². The lowest BCUT2D eigenvalue weighted by molar-refractivity contribution is -0.132. The number of nitrogens with one attached hydrogen (secondary N) is 2. The van der Waals surface area contributed by atoms with Crippen LogP contribution in [0.3, 0.4) is 0 Å². The maximum Gasteiger partial charge on any atom is 0.219 e. The van der Waals surface area contributed by atoms with Gasteiger partial charge in [-0.1, -0.05) is 0 Å². The number of H-pyrrole nitrogens is 1. The van der Waals surface area contributed by atoms with Crippen molar-refractivity contribution in [3.8, 4) is 0 Å². The summed E-state index contributed by atoms with van der Waals surface area (Å²) in [6.07, 6.45) is 9.37. The van der Waals surface area contributed by atoms with Crippen molar-refractivity contribution in [2.75, 3.05) is 19.0 Å². The number of methoxy groups -OCH3 is 1. The maximum atomic E-state index is 11.9. The minimum absolute atomic E-state index is 0.141. The number of amides is 1. The number of rotatable bonds is 5. The van der Waals surface area contributed by atoms with E-state index in [1.807, 2.05) is 4.90 Å². The summed E-state index contributed by atoms with van der Waals surface area (Å²) in [5, 5.41) is 4.68. The molecule has 2 aromatic heterocycles. The molecule has 27 heavy (non-hydrogen) atoms. The Labute approximate surface area is 159 Å². The average molecular weight is 371 g/mol. The first kappa shape index (κ1) is 18.2. The molecule has 4 rings (SSSR count). The van der Waals surface area contributed by atoms with Gasteiger partial charge in [-0.05, 0) is 50.5 Å². The molecule has 2 fully saturated rings. The molecule has 1 aliphatic heterocycles. The molecule has 1 aliphatic carbocycles. The van der Waals surface area contributed by atoms with Crippen LogP contribution in [0.15, 0.2) is 12.5 Å². The highest BCUT2D eigenvalue weighted by atomic mass is 16.5. The van der Waals surface area contributed by atoms with Gasteiger partial charge in [-0.15, -0.1) is 0 Å². The number of piperidine rings is 1. The van der Waals surface area contributed by atoms with Gasteiger partial charge < -0.3 is 19.9 Å². The zero-order valence-corrected chi connectivity index (χ0v) is 16.4. The van der Waals surface area contributed by atoms with Crippen molar-refractivity contribution >= 4 is 22.8 Å². The van der Waals surface area contributed by atoms with E-state index in [9.17, 15) is 4.79 Å². The molecule has 3 heterocycles. The minimum atomic E-state index is 0.141. The number of anilines is 1. The van der Waals surface area contributed by atoms with Crippen molar-refractivity contribution in [2.45, 2.75) is 64.1 Å². The smallest absolute Gasteiger partial charge is 0.219 e. The summed E-state index contributed by atoms with van der Waals surface area (Å²) in [5.41, 5.74) is 2.14. The molecule has 1 saturated heterocycles. The Morgan fingerprint density at radius 1 is 1.37 bits per heavy atom. The number of fused-ring (bicyclic) bond motifs is 1. The zero-order valence-electron chi connectivity index (χ0n) is 16.4.